The van der Waals surface area contributed by atoms with E-state index in [0.717, 1.165) is 54.5 Å². The number of hydrogen-bond acceptors (Lipinski definition) is 7. The number of benzene rings is 2. The van der Waals surface area contributed by atoms with Crippen molar-refractivity contribution in [3.8, 4) is 0 Å². The van der Waals surface area contributed by atoms with Crippen LogP contribution in [0.2, 0.25) is 0 Å². The number of anilines is 2. The molecule has 1 fully saturated rings. The summed E-state index contributed by atoms with van der Waals surface area (Å²) in [5.74, 6) is 1.33. The van der Waals surface area contributed by atoms with Gasteiger partial charge in [0.15, 0.2) is 0 Å². The summed E-state index contributed by atoms with van der Waals surface area (Å²) < 4.78 is 4.81. The molecule has 1 saturated carbocycles. The van der Waals surface area contributed by atoms with Crippen molar-refractivity contribution in [2.75, 3.05) is 31.4 Å². The van der Waals surface area contributed by atoms with Crippen molar-refractivity contribution in [1.82, 2.24) is 15.3 Å². The van der Waals surface area contributed by atoms with Crippen LogP contribution in [0.1, 0.15) is 41.6 Å². The van der Waals surface area contributed by atoms with Gasteiger partial charge in [-0.15, -0.1) is 0 Å². The van der Waals surface area contributed by atoms with Crippen LogP contribution in [-0.4, -0.2) is 49.2 Å². The average molecular weight is 434 g/mol. The Labute approximate surface area is 189 Å². The molecule has 0 aliphatic heterocycles. The molecule has 32 heavy (non-hydrogen) atoms. The SMILES string of the molecule is COC(=O)c1cccc(CN[C@H]2CC[C@@H](Nc3nc(N(C)C)c4ccccc4n3)CC2)c1. The first-order valence-corrected chi connectivity index (χ1v) is 11.1. The smallest absolute Gasteiger partial charge is 0.337 e. The van der Waals surface area contributed by atoms with E-state index in [1.54, 1.807) is 6.07 Å². The lowest BCUT2D eigenvalue weighted by Gasteiger charge is -2.30. The number of fused-ring (bicyclic) bond motifs is 1. The number of nitrogens with zero attached hydrogens (tertiary/aromatic N) is 3. The van der Waals surface area contributed by atoms with Crippen LogP contribution in [0.4, 0.5) is 11.8 Å². The highest BCUT2D eigenvalue weighted by atomic mass is 16.5. The van der Waals surface area contributed by atoms with Crippen molar-refractivity contribution in [3.63, 3.8) is 0 Å². The molecule has 0 amide bonds. The highest BCUT2D eigenvalue weighted by molar-refractivity contribution is 5.90. The van der Waals surface area contributed by atoms with E-state index < -0.39 is 0 Å². The highest BCUT2D eigenvalue weighted by Gasteiger charge is 2.22. The first kappa shape index (κ1) is 22.0. The number of ether oxygens (including phenoxy) is 1. The molecule has 168 valence electrons. The second kappa shape index (κ2) is 9.96. The average Bonchev–Trinajstić information content (AvgIpc) is 2.82. The van der Waals surface area contributed by atoms with Crippen LogP contribution in [-0.2, 0) is 11.3 Å². The van der Waals surface area contributed by atoms with E-state index in [-0.39, 0.29) is 5.97 Å². The van der Waals surface area contributed by atoms with E-state index in [9.17, 15) is 4.79 Å². The van der Waals surface area contributed by atoms with Crippen molar-refractivity contribution in [2.45, 2.75) is 44.3 Å². The number of aromatic nitrogens is 2. The molecule has 2 aromatic carbocycles. The fourth-order valence-corrected chi connectivity index (χ4v) is 4.28. The molecule has 7 nitrogen and oxygen atoms in total. The van der Waals surface area contributed by atoms with Gasteiger partial charge in [-0.1, -0.05) is 24.3 Å². The molecule has 0 spiro atoms. The Bertz CT molecular complexity index is 1080. The Kier molecular flexibility index (Phi) is 6.85. The van der Waals surface area contributed by atoms with Crippen LogP contribution in [0, 0.1) is 0 Å². The Morgan fingerprint density at radius 1 is 1.03 bits per heavy atom. The Balaban J connectivity index is 1.32. The van der Waals surface area contributed by atoms with Crippen LogP contribution in [0.3, 0.4) is 0 Å². The van der Waals surface area contributed by atoms with Crippen molar-refractivity contribution in [2.24, 2.45) is 0 Å². The fourth-order valence-electron chi connectivity index (χ4n) is 4.28. The number of nitrogens with one attached hydrogen (secondary N) is 2. The van der Waals surface area contributed by atoms with Gasteiger partial charge < -0.3 is 20.3 Å². The van der Waals surface area contributed by atoms with Gasteiger partial charge in [0.25, 0.3) is 0 Å². The van der Waals surface area contributed by atoms with Gasteiger partial charge in [0.05, 0.1) is 18.2 Å². The summed E-state index contributed by atoms with van der Waals surface area (Å²) in [6.07, 6.45) is 4.30. The van der Waals surface area contributed by atoms with Gasteiger partial charge in [-0.25, -0.2) is 9.78 Å². The Morgan fingerprint density at radius 3 is 2.53 bits per heavy atom. The van der Waals surface area contributed by atoms with E-state index in [1.807, 2.05) is 55.4 Å². The molecule has 3 aromatic rings. The predicted octanol–water partition coefficient (Wildman–Crippen LogP) is 4.00. The fraction of sp³-hybridized carbons (Fsp3) is 0.400. The lowest BCUT2D eigenvalue weighted by molar-refractivity contribution is 0.0600. The third-order valence-corrected chi connectivity index (χ3v) is 6.01. The molecule has 7 heteroatoms. The van der Waals surface area contributed by atoms with Gasteiger partial charge >= 0.3 is 5.97 Å². The summed E-state index contributed by atoms with van der Waals surface area (Å²) >= 11 is 0. The minimum absolute atomic E-state index is 0.299. The van der Waals surface area contributed by atoms with Crippen molar-refractivity contribution in [1.29, 1.82) is 0 Å². The maximum atomic E-state index is 11.7. The Hall–Kier alpha value is -3.19. The van der Waals surface area contributed by atoms with E-state index in [0.29, 0.717) is 23.6 Å². The molecule has 0 unspecified atom stereocenters. The van der Waals surface area contributed by atoms with Gasteiger partial charge in [0, 0.05) is 38.1 Å². The molecule has 4 rings (SSSR count). The number of para-hydroxylation sites is 1. The number of methoxy groups -OCH3 is 1. The van der Waals surface area contributed by atoms with Crippen LogP contribution >= 0.6 is 0 Å². The summed E-state index contributed by atoms with van der Waals surface area (Å²) in [6.45, 7) is 0.744. The lowest BCUT2D eigenvalue weighted by atomic mass is 9.91. The maximum Gasteiger partial charge on any atom is 0.337 e. The number of hydrogen-bond donors (Lipinski definition) is 2. The Morgan fingerprint density at radius 2 is 1.78 bits per heavy atom. The number of carbonyl (C=O) groups is 1. The molecular formula is C25H31N5O2. The zero-order valence-corrected chi connectivity index (χ0v) is 19.0. The summed E-state index contributed by atoms with van der Waals surface area (Å²) in [4.78, 5) is 23.3. The van der Waals surface area contributed by atoms with Crippen LogP contribution < -0.4 is 15.5 Å². The number of carbonyl (C=O) groups excluding carboxylic acids is 1. The van der Waals surface area contributed by atoms with E-state index in [1.165, 1.54) is 7.11 Å². The minimum Gasteiger partial charge on any atom is -0.465 e. The number of esters is 1. The molecule has 1 aromatic heterocycles. The second-order valence-electron chi connectivity index (χ2n) is 8.55. The van der Waals surface area contributed by atoms with Crippen LogP contribution in [0.15, 0.2) is 48.5 Å². The quantitative estimate of drug-likeness (QED) is 0.545. The highest BCUT2D eigenvalue weighted by Crippen LogP contribution is 2.26. The third-order valence-electron chi connectivity index (χ3n) is 6.01. The normalized spacial score (nSPS) is 18.3. The van der Waals surface area contributed by atoms with Crippen molar-refractivity contribution in [3.05, 3.63) is 59.7 Å². The van der Waals surface area contributed by atoms with E-state index in [2.05, 4.69) is 16.7 Å². The molecule has 0 bridgehead atoms. The zero-order chi connectivity index (χ0) is 22.5. The number of rotatable bonds is 7. The molecule has 0 saturated heterocycles. The van der Waals surface area contributed by atoms with Gasteiger partial charge in [0.1, 0.15) is 5.82 Å². The van der Waals surface area contributed by atoms with E-state index in [4.69, 9.17) is 14.7 Å². The molecule has 0 radical (unpaired) electrons. The van der Waals surface area contributed by atoms with Crippen molar-refractivity contribution < 1.29 is 9.53 Å². The van der Waals surface area contributed by atoms with Gasteiger partial charge in [-0.05, 0) is 55.5 Å². The minimum atomic E-state index is -0.299. The predicted molar refractivity (Wildman–Crippen MR) is 128 cm³/mol. The summed E-state index contributed by atoms with van der Waals surface area (Å²) in [5, 5.41) is 8.26. The largest absolute Gasteiger partial charge is 0.465 e. The topological polar surface area (TPSA) is 79.4 Å². The van der Waals surface area contributed by atoms with Crippen LogP contribution in [0.25, 0.3) is 10.9 Å². The summed E-state index contributed by atoms with van der Waals surface area (Å²) in [7, 11) is 5.43. The molecule has 1 aliphatic carbocycles. The monoisotopic (exact) mass is 433 g/mol. The standard InChI is InChI=1S/C25H31N5O2/c1-30(2)23-21-9-4-5-10-22(21)28-25(29-23)27-20-13-11-19(12-14-20)26-16-17-7-6-8-18(15-17)24(31)32-3/h4-10,15,19-20,26H,11-14,16H2,1-3H3,(H,27,28,29)/t19-,20+. The second-order valence-corrected chi connectivity index (χ2v) is 8.55. The zero-order valence-electron chi connectivity index (χ0n) is 19.0. The molecule has 1 heterocycles. The van der Waals surface area contributed by atoms with E-state index >= 15 is 0 Å². The van der Waals surface area contributed by atoms with Gasteiger partial charge in [0.2, 0.25) is 5.95 Å². The van der Waals surface area contributed by atoms with Gasteiger partial charge in [-0.3, -0.25) is 0 Å². The third kappa shape index (κ3) is 5.16. The first-order valence-electron chi connectivity index (χ1n) is 11.1. The summed E-state index contributed by atoms with van der Waals surface area (Å²) in [5.41, 5.74) is 2.64. The molecule has 1 aliphatic rings. The lowest BCUT2D eigenvalue weighted by Crippen LogP contribution is -2.37. The summed E-state index contributed by atoms with van der Waals surface area (Å²) in [6, 6.07) is 16.6. The van der Waals surface area contributed by atoms with Crippen molar-refractivity contribution >= 4 is 28.6 Å². The first-order chi connectivity index (χ1) is 15.5. The van der Waals surface area contributed by atoms with Gasteiger partial charge in [-0.2, -0.15) is 4.98 Å². The molecule has 2 N–H and O–H groups in total. The van der Waals surface area contributed by atoms with Crippen LogP contribution in [0.5, 0.6) is 0 Å². The molecular weight excluding hydrogens is 402 g/mol. The molecule has 0 atom stereocenters. The maximum absolute atomic E-state index is 11.7.